The molecular weight excluding hydrogens is 195 g/mol. The molecule has 0 amide bonds. The standard InChI is InChI=1S/C8H17.Li.H4O4Si/c1-3-5-7-8-6-4-2;;1-5(2,3)4/h1,3-8H2,2H3;;1-4H. The molecule has 0 aliphatic carbocycles. The number of unbranched alkanes of at least 4 members (excludes halogenated alkanes) is 5. The predicted molar refractivity (Wildman–Crippen MR) is 58.6 cm³/mol. The fourth-order valence-corrected chi connectivity index (χ4v) is 1.03. The SMILES string of the molecule is O[Si](O)(O)O.[Li][CH2]CCCCCCC. The first-order chi connectivity index (χ1) is 6.41. The third kappa shape index (κ3) is 38.8. The molecule has 0 radical (unpaired) electrons. The van der Waals surface area contributed by atoms with E-state index in [0.29, 0.717) is 0 Å². The van der Waals surface area contributed by atoms with E-state index in [2.05, 4.69) is 24.6 Å². The summed E-state index contributed by atoms with van der Waals surface area (Å²) in [5, 5.41) is 1.37. The molecule has 0 aromatic carbocycles. The Morgan fingerprint density at radius 3 is 1.57 bits per heavy atom. The van der Waals surface area contributed by atoms with Crippen LogP contribution in [0.3, 0.4) is 0 Å². The molecule has 0 rings (SSSR count). The maximum absolute atomic E-state index is 7.33. The number of hydrogen-bond acceptors (Lipinski definition) is 4. The van der Waals surface area contributed by atoms with Crippen LogP contribution in [-0.2, 0) is 0 Å². The van der Waals surface area contributed by atoms with Gasteiger partial charge in [-0.3, -0.25) is 0 Å². The van der Waals surface area contributed by atoms with Gasteiger partial charge in [0.25, 0.3) is 0 Å². The molecule has 0 fully saturated rings. The average molecular weight is 216 g/mol. The van der Waals surface area contributed by atoms with Gasteiger partial charge in [0.05, 0.1) is 0 Å². The Labute approximate surface area is 96.7 Å². The van der Waals surface area contributed by atoms with Crippen molar-refractivity contribution in [3.63, 3.8) is 0 Å². The van der Waals surface area contributed by atoms with Crippen molar-refractivity contribution in [1.29, 1.82) is 0 Å². The summed E-state index contributed by atoms with van der Waals surface area (Å²) in [6, 6.07) is 0. The van der Waals surface area contributed by atoms with Gasteiger partial charge in [-0.15, -0.1) is 0 Å². The first-order valence-corrected chi connectivity index (χ1v) is 7.10. The van der Waals surface area contributed by atoms with Crippen molar-refractivity contribution in [3.8, 4) is 0 Å². The van der Waals surface area contributed by atoms with E-state index in [0.717, 1.165) is 0 Å². The molecular formula is C8H21LiO4Si. The van der Waals surface area contributed by atoms with Crippen LogP contribution in [0.2, 0.25) is 5.09 Å². The third-order valence-corrected chi connectivity index (χ3v) is 1.71. The van der Waals surface area contributed by atoms with E-state index in [-0.39, 0.29) is 0 Å². The van der Waals surface area contributed by atoms with Crippen LogP contribution in [0.1, 0.15) is 45.4 Å². The molecule has 0 saturated carbocycles. The van der Waals surface area contributed by atoms with Crippen molar-refractivity contribution in [2.75, 3.05) is 0 Å². The van der Waals surface area contributed by atoms with E-state index in [4.69, 9.17) is 19.2 Å². The first-order valence-electron chi connectivity index (χ1n) is 5.31. The Morgan fingerprint density at radius 2 is 1.21 bits per heavy atom. The molecule has 0 unspecified atom stereocenters. The van der Waals surface area contributed by atoms with E-state index < -0.39 is 9.05 Å². The Bertz CT molecular complexity index is 96.0. The summed E-state index contributed by atoms with van der Waals surface area (Å²) >= 11 is 2.26. The number of hydrogen-bond donors (Lipinski definition) is 4. The van der Waals surface area contributed by atoms with Crippen molar-refractivity contribution in [2.45, 2.75) is 50.5 Å². The molecule has 82 valence electrons. The zero-order chi connectivity index (χ0) is 11.4. The Morgan fingerprint density at radius 1 is 0.857 bits per heavy atom. The van der Waals surface area contributed by atoms with Crippen LogP contribution in [0.5, 0.6) is 0 Å². The van der Waals surface area contributed by atoms with E-state index >= 15 is 0 Å². The fraction of sp³-hybridized carbons (Fsp3) is 1.00. The Balaban J connectivity index is 0. The minimum atomic E-state index is -4.61. The van der Waals surface area contributed by atoms with Gasteiger partial charge in [-0.2, -0.15) is 0 Å². The molecule has 4 nitrogen and oxygen atoms in total. The molecule has 0 atom stereocenters. The zero-order valence-corrected chi connectivity index (χ0v) is 10.2. The zero-order valence-electron chi connectivity index (χ0n) is 9.24. The van der Waals surface area contributed by atoms with Gasteiger partial charge in [0.1, 0.15) is 0 Å². The van der Waals surface area contributed by atoms with Gasteiger partial charge < -0.3 is 19.2 Å². The quantitative estimate of drug-likeness (QED) is 0.381. The van der Waals surface area contributed by atoms with Crippen LogP contribution in [0, 0.1) is 0 Å². The summed E-state index contributed by atoms with van der Waals surface area (Å²) in [6.07, 6.45) is 8.61. The van der Waals surface area contributed by atoms with E-state index in [1.807, 2.05) is 0 Å². The van der Waals surface area contributed by atoms with Gasteiger partial charge >= 0.3 is 77.3 Å². The molecule has 0 spiro atoms. The molecule has 14 heavy (non-hydrogen) atoms. The molecule has 0 bridgehead atoms. The second kappa shape index (κ2) is 11.7. The molecule has 0 aliphatic rings. The van der Waals surface area contributed by atoms with Crippen molar-refractivity contribution >= 4 is 26.8 Å². The normalized spacial score (nSPS) is 10.8. The van der Waals surface area contributed by atoms with E-state index in [9.17, 15) is 0 Å². The molecule has 0 aromatic heterocycles. The Hall–Kier alpha value is 0.654. The van der Waals surface area contributed by atoms with Crippen molar-refractivity contribution in [2.24, 2.45) is 0 Å². The molecule has 4 N–H and O–H groups in total. The predicted octanol–water partition coefficient (Wildman–Crippen LogP) is 0.325. The Kier molecular flexibility index (Phi) is 14.3. The van der Waals surface area contributed by atoms with Crippen LogP contribution in [-0.4, -0.2) is 45.9 Å². The summed E-state index contributed by atoms with van der Waals surface area (Å²) in [4.78, 5) is 29.3. The topological polar surface area (TPSA) is 80.9 Å². The molecule has 0 aromatic rings. The molecule has 0 heterocycles. The van der Waals surface area contributed by atoms with Crippen LogP contribution in [0.4, 0.5) is 0 Å². The van der Waals surface area contributed by atoms with E-state index in [1.54, 1.807) is 0 Å². The van der Waals surface area contributed by atoms with Gasteiger partial charge in [-0.25, -0.2) is 0 Å². The second-order valence-corrected chi connectivity index (χ2v) is 4.57. The summed E-state index contributed by atoms with van der Waals surface area (Å²) in [5.41, 5.74) is 0. The van der Waals surface area contributed by atoms with Crippen molar-refractivity contribution in [1.82, 2.24) is 0 Å². The van der Waals surface area contributed by atoms with Crippen molar-refractivity contribution < 1.29 is 19.2 Å². The van der Waals surface area contributed by atoms with Gasteiger partial charge in [0.2, 0.25) is 0 Å². The van der Waals surface area contributed by atoms with Crippen LogP contribution >= 0.6 is 0 Å². The van der Waals surface area contributed by atoms with E-state index in [1.165, 1.54) is 43.6 Å². The molecule has 0 saturated heterocycles. The molecule has 0 aliphatic heterocycles. The number of rotatable bonds is 6. The van der Waals surface area contributed by atoms with Gasteiger partial charge in [-0.1, -0.05) is 0 Å². The maximum atomic E-state index is 7.33. The minimum absolute atomic E-state index is 1.37. The summed E-state index contributed by atoms with van der Waals surface area (Å²) in [5.74, 6) is 0. The first kappa shape index (κ1) is 17.1. The summed E-state index contributed by atoms with van der Waals surface area (Å²) in [7, 11) is -4.61. The van der Waals surface area contributed by atoms with Gasteiger partial charge in [-0.05, 0) is 0 Å². The summed E-state index contributed by atoms with van der Waals surface area (Å²) in [6.45, 7) is 2.26. The second-order valence-electron chi connectivity index (χ2n) is 3.37. The fourth-order valence-electron chi connectivity index (χ4n) is 1.03. The monoisotopic (exact) mass is 216 g/mol. The van der Waals surface area contributed by atoms with Gasteiger partial charge in [0, 0.05) is 0 Å². The van der Waals surface area contributed by atoms with Crippen LogP contribution in [0.25, 0.3) is 0 Å². The van der Waals surface area contributed by atoms with Crippen molar-refractivity contribution in [3.05, 3.63) is 0 Å². The third-order valence-electron chi connectivity index (χ3n) is 1.71. The van der Waals surface area contributed by atoms with Gasteiger partial charge in [0.15, 0.2) is 0 Å². The van der Waals surface area contributed by atoms with Crippen LogP contribution in [0.15, 0.2) is 0 Å². The summed E-state index contributed by atoms with van der Waals surface area (Å²) < 4.78 is 0. The molecule has 6 heteroatoms. The average Bonchev–Trinajstić information content (AvgIpc) is 2.01. The van der Waals surface area contributed by atoms with Crippen LogP contribution < -0.4 is 0 Å².